The topological polar surface area (TPSA) is 49.8 Å². The van der Waals surface area contributed by atoms with E-state index in [0.717, 1.165) is 31.0 Å². The van der Waals surface area contributed by atoms with Gasteiger partial charge in [-0.25, -0.2) is 4.98 Å². The van der Waals surface area contributed by atoms with Crippen molar-refractivity contribution in [3.63, 3.8) is 0 Å². The first-order chi connectivity index (χ1) is 12.8. The van der Waals surface area contributed by atoms with Crippen molar-refractivity contribution in [2.45, 2.75) is 19.9 Å². The second-order valence-electron chi connectivity index (χ2n) is 6.13. The van der Waals surface area contributed by atoms with Crippen molar-refractivity contribution in [2.24, 2.45) is 4.99 Å². The summed E-state index contributed by atoms with van der Waals surface area (Å²) in [6.45, 7) is 5.10. The Hall–Kier alpha value is -2.82. The zero-order valence-electron chi connectivity index (χ0n) is 15.5. The number of benzene rings is 1. The lowest BCUT2D eigenvalue weighted by Crippen LogP contribution is -2.43. The fourth-order valence-corrected chi connectivity index (χ4v) is 3.08. The fraction of sp³-hybridized carbons (Fsp3) is 0.333. The van der Waals surface area contributed by atoms with Gasteiger partial charge in [0.05, 0.1) is 6.61 Å². The van der Waals surface area contributed by atoms with Gasteiger partial charge in [-0.2, -0.15) is 0 Å². The van der Waals surface area contributed by atoms with Crippen molar-refractivity contribution >= 4 is 11.5 Å². The molecule has 5 nitrogen and oxygen atoms in total. The van der Waals surface area contributed by atoms with Gasteiger partial charge in [-0.05, 0) is 36.1 Å². The summed E-state index contributed by atoms with van der Waals surface area (Å²) < 4.78 is 5.46. The molecule has 0 saturated carbocycles. The minimum absolute atomic E-state index is 0.620. The molecule has 5 heteroatoms. The molecule has 0 unspecified atom stereocenters. The number of rotatable bonds is 5. The van der Waals surface area contributed by atoms with Crippen LogP contribution in [-0.4, -0.2) is 42.6 Å². The first-order valence-corrected chi connectivity index (χ1v) is 9.08. The average molecular weight is 350 g/mol. The van der Waals surface area contributed by atoms with Crippen molar-refractivity contribution in [1.29, 1.82) is 0 Å². The van der Waals surface area contributed by atoms with Crippen LogP contribution < -0.4 is 10.1 Å². The van der Waals surface area contributed by atoms with Gasteiger partial charge in [0.25, 0.3) is 0 Å². The molecule has 0 radical (unpaired) electrons. The number of guanidine groups is 1. The summed E-state index contributed by atoms with van der Waals surface area (Å²) in [6, 6.07) is 14.5. The van der Waals surface area contributed by atoms with Gasteiger partial charge in [0.2, 0.25) is 5.88 Å². The van der Waals surface area contributed by atoms with Crippen molar-refractivity contribution in [3.8, 4) is 5.88 Å². The minimum Gasteiger partial charge on any atom is -0.478 e. The van der Waals surface area contributed by atoms with Gasteiger partial charge < -0.3 is 15.0 Å². The lowest BCUT2D eigenvalue weighted by Gasteiger charge is -2.29. The van der Waals surface area contributed by atoms with E-state index in [1.165, 1.54) is 11.1 Å². The van der Waals surface area contributed by atoms with E-state index in [1.807, 2.05) is 26.1 Å². The van der Waals surface area contributed by atoms with Gasteiger partial charge in [-0.15, -0.1) is 0 Å². The predicted molar refractivity (Wildman–Crippen MR) is 106 cm³/mol. The van der Waals surface area contributed by atoms with E-state index in [0.29, 0.717) is 19.0 Å². The number of ether oxygens (including phenoxy) is 1. The summed E-state index contributed by atoms with van der Waals surface area (Å²) in [5.74, 6) is 1.58. The van der Waals surface area contributed by atoms with Gasteiger partial charge in [-0.1, -0.05) is 36.4 Å². The van der Waals surface area contributed by atoms with Gasteiger partial charge in [-0.3, -0.25) is 4.99 Å². The molecule has 26 heavy (non-hydrogen) atoms. The molecule has 0 atom stereocenters. The molecule has 0 saturated heterocycles. The van der Waals surface area contributed by atoms with Crippen LogP contribution in [0.4, 0.5) is 0 Å². The highest BCUT2D eigenvalue weighted by atomic mass is 16.5. The molecule has 1 aromatic heterocycles. The third-order valence-electron chi connectivity index (χ3n) is 4.41. The number of hydrogen-bond donors (Lipinski definition) is 1. The first kappa shape index (κ1) is 18.0. The van der Waals surface area contributed by atoms with Crippen molar-refractivity contribution < 1.29 is 4.74 Å². The summed E-state index contributed by atoms with van der Waals surface area (Å²) in [5.41, 5.74) is 3.85. The summed E-state index contributed by atoms with van der Waals surface area (Å²) >= 11 is 0. The van der Waals surface area contributed by atoms with Gasteiger partial charge >= 0.3 is 0 Å². The Labute approximate surface area is 155 Å². The first-order valence-electron chi connectivity index (χ1n) is 9.08. The number of nitrogens with one attached hydrogen (secondary N) is 1. The molecule has 0 amide bonds. The fourth-order valence-electron chi connectivity index (χ4n) is 3.08. The molecule has 0 spiro atoms. The molecule has 1 aliphatic heterocycles. The number of nitrogens with zero attached hydrogens (tertiary/aromatic N) is 3. The van der Waals surface area contributed by atoms with Gasteiger partial charge in [0.1, 0.15) is 0 Å². The number of aliphatic imine (C=N–C) groups is 1. The van der Waals surface area contributed by atoms with Crippen molar-refractivity contribution in [3.05, 3.63) is 65.9 Å². The van der Waals surface area contributed by atoms with Crippen LogP contribution in [-0.2, 0) is 6.54 Å². The highest BCUT2D eigenvalue weighted by molar-refractivity contribution is 5.81. The number of aromatic nitrogens is 1. The van der Waals surface area contributed by atoms with Crippen LogP contribution in [0.3, 0.4) is 0 Å². The second-order valence-corrected chi connectivity index (χ2v) is 6.13. The second kappa shape index (κ2) is 9.04. The van der Waals surface area contributed by atoms with Crippen LogP contribution in [0.2, 0.25) is 0 Å². The van der Waals surface area contributed by atoms with Crippen LogP contribution in [0.1, 0.15) is 24.5 Å². The molecular formula is C21H26N4O. The molecule has 2 heterocycles. The Bertz CT molecular complexity index is 771. The lowest BCUT2D eigenvalue weighted by atomic mass is 10.00. The van der Waals surface area contributed by atoms with E-state index in [2.05, 4.69) is 56.6 Å². The van der Waals surface area contributed by atoms with Crippen LogP contribution in [0, 0.1) is 0 Å². The monoisotopic (exact) mass is 350 g/mol. The quantitative estimate of drug-likeness (QED) is 0.664. The molecule has 0 bridgehead atoms. The highest BCUT2D eigenvalue weighted by Crippen LogP contribution is 2.22. The molecule has 1 N–H and O–H groups in total. The Kier molecular flexibility index (Phi) is 6.25. The normalized spacial score (nSPS) is 14.8. The zero-order chi connectivity index (χ0) is 18.2. The third-order valence-corrected chi connectivity index (χ3v) is 4.41. The number of hydrogen-bond acceptors (Lipinski definition) is 3. The molecule has 1 aromatic carbocycles. The van der Waals surface area contributed by atoms with Crippen LogP contribution in [0.5, 0.6) is 5.88 Å². The van der Waals surface area contributed by atoms with Crippen LogP contribution in [0.15, 0.2) is 59.7 Å². The van der Waals surface area contributed by atoms with Crippen molar-refractivity contribution in [1.82, 2.24) is 15.2 Å². The molecule has 0 fully saturated rings. The standard InChI is InChI=1S/C21H26N4O/c1-3-26-20-15-17(9-12-23-20)16-24-21(22-2)25-13-10-19(11-14-25)18-7-5-4-6-8-18/h4-10,12,15H,3,11,13-14,16H2,1-2H3,(H,22,24). The molecule has 136 valence electrons. The van der Waals surface area contributed by atoms with E-state index in [-0.39, 0.29) is 0 Å². The van der Waals surface area contributed by atoms with E-state index >= 15 is 0 Å². The minimum atomic E-state index is 0.620. The largest absolute Gasteiger partial charge is 0.478 e. The summed E-state index contributed by atoms with van der Waals surface area (Å²) in [4.78, 5) is 10.9. The van der Waals surface area contributed by atoms with Crippen LogP contribution in [0.25, 0.3) is 5.57 Å². The van der Waals surface area contributed by atoms with E-state index in [9.17, 15) is 0 Å². The van der Waals surface area contributed by atoms with Crippen LogP contribution >= 0.6 is 0 Å². The van der Waals surface area contributed by atoms with E-state index in [4.69, 9.17) is 4.74 Å². The SMILES string of the molecule is CCOc1cc(CNC(=NC)N2CC=C(c3ccccc3)CC2)ccn1. The summed E-state index contributed by atoms with van der Waals surface area (Å²) in [7, 11) is 1.83. The van der Waals surface area contributed by atoms with E-state index < -0.39 is 0 Å². The summed E-state index contributed by atoms with van der Waals surface area (Å²) in [5, 5.41) is 3.44. The van der Waals surface area contributed by atoms with E-state index in [1.54, 1.807) is 6.20 Å². The molecular weight excluding hydrogens is 324 g/mol. The number of pyridine rings is 1. The Morgan fingerprint density at radius 3 is 2.81 bits per heavy atom. The smallest absolute Gasteiger partial charge is 0.213 e. The summed E-state index contributed by atoms with van der Waals surface area (Å²) in [6.07, 6.45) is 5.10. The third kappa shape index (κ3) is 4.63. The van der Waals surface area contributed by atoms with Crippen molar-refractivity contribution in [2.75, 3.05) is 26.7 Å². The maximum Gasteiger partial charge on any atom is 0.213 e. The Balaban J connectivity index is 1.58. The van der Waals surface area contributed by atoms with Gasteiger partial charge in [0, 0.05) is 38.9 Å². The predicted octanol–water partition coefficient (Wildman–Crippen LogP) is 3.35. The molecule has 1 aliphatic rings. The maximum atomic E-state index is 5.46. The molecule has 0 aliphatic carbocycles. The highest BCUT2D eigenvalue weighted by Gasteiger charge is 2.16. The maximum absolute atomic E-state index is 5.46. The Morgan fingerprint density at radius 2 is 2.12 bits per heavy atom. The molecule has 2 aromatic rings. The zero-order valence-corrected chi connectivity index (χ0v) is 15.5. The lowest BCUT2D eigenvalue weighted by molar-refractivity contribution is 0.326. The van der Waals surface area contributed by atoms with Gasteiger partial charge in [0.15, 0.2) is 5.96 Å². The average Bonchev–Trinajstić information content (AvgIpc) is 2.70. The Morgan fingerprint density at radius 1 is 1.27 bits per heavy atom. The molecule has 3 rings (SSSR count).